The molecule has 5 nitrogen and oxygen atoms in total. The van der Waals surface area contributed by atoms with E-state index in [4.69, 9.17) is 16.3 Å². The number of aromatic nitrogens is 2. The monoisotopic (exact) mass is 283 g/mol. The lowest BCUT2D eigenvalue weighted by Gasteiger charge is -2.17. The number of halogens is 1. The third kappa shape index (κ3) is 3.58. The van der Waals surface area contributed by atoms with Crippen LogP contribution in [0, 0.1) is 0 Å². The Balaban J connectivity index is 2.07. The van der Waals surface area contributed by atoms with Gasteiger partial charge in [0.2, 0.25) is 0 Å². The second kappa shape index (κ2) is 6.73. The molecule has 1 fully saturated rings. The molecule has 1 saturated heterocycles. The Hall–Kier alpha value is -1.33. The van der Waals surface area contributed by atoms with Crippen LogP contribution in [0.15, 0.2) is 29.2 Å². The number of hydrogen-bond donors (Lipinski definition) is 0. The summed E-state index contributed by atoms with van der Waals surface area (Å²) in [6, 6.07) is 1.62. The predicted molar refractivity (Wildman–Crippen MR) is 76.0 cm³/mol. The summed E-state index contributed by atoms with van der Waals surface area (Å²) in [5.41, 5.74) is 0.764. The van der Waals surface area contributed by atoms with Crippen molar-refractivity contribution < 1.29 is 4.74 Å². The van der Waals surface area contributed by atoms with Crippen molar-refractivity contribution >= 4 is 17.3 Å². The molecule has 0 saturated carbocycles. The minimum Gasteiger partial charge on any atom is -0.380 e. The molecule has 19 heavy (non-hydrogen) atoms. The normalized spacial score (nSPS) is 19.5. The molecule has 1 aromatic heterocycles. The van der Waals surface area contributed by atoms with Crippen molar-refractivity contribution in [2.24, 2.45) is 0 Å². The van der Waals surface area contributed by atoms with Crippen molar-refractivity contribution in [2.45, 2.75) is 19.1 Å². The highest BCUT2D eigenvalue weighted by molar-refractivity contribution is 6.18. The number of anilines is 1. The summed E-state index contributed by atoms with van der Waals surface area (Å²) in [6.45, 7) is 2.16. The molecular formula is C13H18ClN3O2. The Morgan fingerprint density at radius 2 is 2.42 bits per heavy atom. The lowest BCUT2D eigenvalue weighted by atomic mass is 10.3. The number of hydrogen-bond acceptors (Lipinski definition) is 4. The van der Waals surface area contributed by atoms with Crippen LogP contribution in [0.1, 0.15) is 6.42 Å². The average molecular weight is 284 g/mol. The van der Waals surface area contributed by atoms with Crippen molar-refractivity contribution in [2.75, 3.05) is 31.0 Å². The van der Waals surface area contributed by atoms with Crippen LogP contribution in [0.3, 0.4) is 0 Å². The predicted octanol–water partition coefficient (Wildman–Crippen LogP) is 1.26. The van der Waals surface area contributed by atoms with Gasteiger partial charge in [-0.05, 0) is 6.42 Å². The highest BCUT2D eigenvalue weighted by Gasteiger charge is 2.22. The van der Waals surface area contributed by atoms with E-state index in [0.717, 1.165) is 25.2 Å². The molecule has 0 spiro atoms. The van der Waals surface area contributed by atoms with Gasteiger partial charge < -0.3 is 9.64 Å². The molecule has 1 unspecified atom stereocenters. The van der Waals surface area contributed by atoms with Crippen molar-refractivity contribution in [3.05, 3.63) is 34.8 Å². The molecule has 2 rings (SSSR count). The summed E-state index contributed by atoms with van der Waals surface area (Å²) >= 11 is 5.53. The lowest BCUT2D eigenvalue weighted by Crippen LogP contribution is -2.27. The first-order valence-electron chi connectivity index (χ1n) is 6.30. The summed E-state index contributed by atoms with van der Waals surface area (Å²) in [5, 5.41) is 4.17. The van der Waals surface area contributed by atoms with Gasteiger partial charge in [-0.1, -0.05) is 12.2 Å². The molecule has 0 N–H and O–H groups in total. The molecule has 104 valence electrons. The van der Waals surface area contributed by atoms with Gasteiger partial charge in [0.15, 0.2) is 0 Å². The third-order valence-corrected chi connectivity index (χ3v) is 3.41. The minimum absolute atomic E-state index is 0.0995. The summed E-state index contributed by atoms with van der Waals surface area (Å²) in [4.78, 5) is 14.0. The van der Waals surface area contributed by atoms with Gasteiger partial charge in [0.25, 0.3) is 5.56 Å². The fourth-order valence-corrected chi connectivity index (χ4v) is 2.25. The van der Waals surface area contributed by atoms with Gasteiger partial charge in [0.05, 0.1) is 24.5 Å². The van der Waals surface area contributed by atoms with Gasteiger partial charge >= 0.3 is 0 Å². The molecule has 0 radical (unpaired) electrons. The maximum absolute atomic E-state index is 11.9. The quantitative estimate of drug-likeness (QED) is 0.603. The molecule has 0 aromatic carbocycles. The molecule has 1 atom stereocenters. The van der Waals surface area contributed by atoms with Crippen LogP contribution in [-0.4, -0.2) is 42.0 Å². The largest absolute Gasteiger partial charge is 0.380 e. The molecule has 0 bridgehead atoms. The summed E-state index contributed by atoms with van der Waals surface area (Å²) in [7, 11) is 1.72. The molecule has 0 amide bonds. The first kappa shape index (κ1) is 14.1. The molecule has 1 aliphatic rings. The molecule has 1 aliphatic heterocycles. The highest BCUT2D eigenvalue weighted by Crippen LogP contribution is 2.19. The number of nitrogens with zero attached hydrogens (tertiary/aromatic N) is 3. The van der Waals surface area contributed by atoms with Gasteiger partial charge in [-0.15, -0.1) is 11.6 Å². The van der Waals surface area contributed by atoms with Crippen LogP contribution in [0.5, 0.6) is 0 Å². The zero-order valence-electron chi connectivity index (χ0n) is 11.0. The maximum atomic E-state index is 11.9. The average Bonchev–Trinajstić information content (AvgIpc) is 2.89. The topological polar surface area (TPSA) is 47.4 Å². The Morgan fingerprint density at radius 1 is 1.58 bits per heavy atom. The fourth-order valence-electron chi connectivity index (χ4n) is 2.13. The Labute approximate surface area is 117 Å². The second-order valence-corrected chi connectivity index (χ2v) is 4.76. The van der Waals surface area contributed by atoms with Gasteiger partial charge in [0, 0.05) is 32.1 Å². The number of alkyl halides is 1. The van der Waals surface area contributed by atoms with E-state index in [2.05, 4.69) is 10.00 Å². The smallest absolute Gasteiger partial charge is 0.269 e. The van der Waals surface area contributed by atoms with Gasteiger partial charge in [-0.2, -0.15) is 5.10 Å². The van der Waals surface area contributed by atoms with Crippen LogP contribution in [0.25, 0.3) is 0 Å². The van der Waals surface area contributed by atoms with Crippen molar-refractivity contribution in [3.63, 3.8) is 0 Å². The van der Waals surface area contributed by atoms with Gasteiger partial charge in [-0.25, -0.2) is 4.68 Å². The van der Waals surface area contributed by atoms with Crippen molar-refractivity contribution in [1.29, 1.82) is 0 Å². The molecule has 6 heteroatoms. The standard InChI is InChI=1S/C13H18ClN3O2/c1-19-12-4-7-16(10-12)11-8-13(18)17(15-9-11)6-3-2-5-14/h2-3,8-9,12H,4-7,10H2,1H3/b3-2+. The van der Waals surface area contributed by atoms with Crippen LogP contribution in [-0.2, 0) is 11.3 Å². The number of rotatable bonds is 5. The van der Waals surface area contributed by atoms with Crippen molar-refractivity contribution in [3.8, 4) is 0 Å². The first-order chi connectivity index (χ1) is 9.24. The zero-order valence-corrected chi connectivity index (χ0v) is 11.7. The van der Waals surface area contributed by atoms with E-state index < -0.39 is 0 Å². The van der Waals surface area contributed by atoms with Gasteiger partial charge in [0.1, 0.15) is 0 Å². The number of allylic oxidation sites excluding steroid dienone is 2. The number of ether oxygens (including phenoxy) is 1. The second-order valence-electron chi connectivity index (χ2n) is 4.45. The van der Waals surface area contributed by atoms with Crippen LogP contribution < -0.4 is 10.5 Å². The first-order valence-corrected chi connectivity index (χ1v) is 6.84. The van der Waals surface area contributed by atoms with Crippen LogP contribution >= 0.6 is 11.6 Å². The molecular weight excluding hydrogens is 266 g/mol. The maximum Gasteiger partial charge on any atom is 0.269 e. The number of methoxy groups -OCH3 is 1. The Bertz CT molecular complexity index is 501. The van der Waals surface area contributed by atoms with E-state index in [-0.39, 0.29) is 11.7 Å². The zero-order chi connectivity index (χ0) is 13.7. The van der Waals surface area contributed by atoms with E-state index in [0.29, 0.717) is 12.4 Å². The van der Waals surface area contributed by atoms with Crippen LogP contribution in [0.2, 0.25) is 0 Å². The highest BCUT2D eigenvalue weighted by atomic mass is 35.5. The van der Waals surface area contributed by atoms with E-state index in [9.17, 15) is 4.79 Å². The summed E-state index contributed by atoms with van der Waals surface area (Å²) < 4.78 is 6.73. The van der Waals surface area contributed by atoms with Crippen LogP contribution in [0.4, 0.5) is 5.69 Å². The van der Waals surface area contributed by atoms with E-state index in [1.807, 2.05) is 6.08 Å². The summed E-state index contributed by atoms with van der Waals surface area (Å²) in [6.07, 6.45) is 6.59. The van der Waals surface area contributed by atoms with E-state index in [1.54, 1.807) is 25.4 Å². The van der Waals surface area contributed by atoms with Crippen molar-refractivity contribution in [1.82, 2.24) is 9.78 Å². The fraction of sp³-hybridized carbons (Fsp3) is 0.538. The molecule has 0 aliphatic carbocycles. The molecule has 2 heterocycles. The third-order valence-electron chi connectivity index (χ3n) is 3.23. The van der Waals surface area contributed by atoms with E-state index in [1.165, 1.54) is 4.68 Å². The minimum atomic E-state index is -0.0995. The summed E-state index contributed by atoms with van der Waals surface area (Å²) in [5.74, 6) is 0.443. The Kier molecular flexibility index (Phi) is 4.99. The lowest BCUT2D eigenvalue weighted by molar-refractivity contribution is 0.121. The molecule has 1 aromatic rings. The van der Waals surface area contributed by atoms with Gasteiger partial charge in [-0.3, -0.25) is 4.79 Å². The Morgan fingerprint density at radius 3 is 3.05 bits per heavy atom. The van der Waals surface area contributed by atoms with E-state index >= 15 is 0 Å². The SMILES string of the molecule is COC1CCN(c2cnn(C/C=C/CCl)c(=O)c2)C1.